The molecule has 0 unspecified atom stereocenters. The van der Waals surface area contributed by atoms with Crippen molar-refractivity contribution in [3.63, 3.8) is 0 Å². The van der Waals surface area contributed by atoms with Crippen LogP contribution in [-0.4, -0.2) is 11.8 Å². The fraction of sp³-hybridized carbons (Fsp3) is 0.286. The molecule has 0 aromatic carbocycles. The van der Waals surface area contributed by atoms with Gasteiger partial charge in [0.1, 0.15) is 5.88 Å². The molecule has 9 heavy (non-hydrogen) atoms. The summed E-state index contributed by atoms with van der Waals surface area (Å²) < 4.78 is 0. The van der Waals surface area contributed by atoms with Crippen molar-refractivity contribution >= 4 is 23.2 Å². The van der Waals surface area contributed by atoms with Crippen LogP contribution in [0.2, 0.25) is 0 Å². The highest BCUT2D eigenvalue weighted by molar-refractivity contribution is 6.19. The first kappa shape index (κ1) is 8.93. The number of hydrogen-bond acceptors (Lipinski definition) is 0. The Labute approximate surface area is 66.2 Å². The van der Waals surface area contributed by atoms with E-state index in [1.807, 2.05) is 18.6 Å². The lowest BCUT2D eigenvalue weighted by atomic mass is 10.3. The maximum absolute atomic E-state index is 5.43. The van der Waals surface area contributed by atoms with Crippen molar-refractivity contribution in [3.8, 4) is 0 Å². The lowest BCUT2D eigenvalue weighted by molar-refractivity contribution is 1.50. The van der Waals surface area contributed by atoms with Crippen LogP contribution in [0, 0.1) is 6.42 Å². The highest BCUT2D eigenvalue weighted by Crippen LogP contribution is 1.96. The summed E-state index contributed by atoms with van der Waals surface area (Å²) in [5, 5.41) is 0. The quantitative estimate of drug-likeness (QED) is 0.340. The molecule has 0 heterocycles. The summed E-state index contributed by atoms with van der Waals surface area (Å²) in [6.45, 7) is 3.66. The van der Waals surface area contributed by atoms with Gasteiger partial charge in [-0.25, -0.2) is 0 Å². The standard InChI is InChI=1S/C7H9Cl2/c1-7(6-9)4-2-3-5-8/h2-4H,1,5-6H2/q+1. The lowest BCUT2D eigenvalue weighted by Gasteiger charge is -1.79. The molecule has 0 amide bonds. The fourth-order valence-corrected chi connectivity index (χ4v) is 0.492. The van der Waals surface area contributed by atoms with Gasteiger partial charge in [-0.2, -0.15) is 0 Å². The van der Waals surface area contributed by atoms with Crippen LogP contribution in [0.1, 0.15) is 0 Å². The van der Waals surface area contributed by atoms with Crippen molar-refractivity contribution in [2.75, 3.05) is 11.8 Å². The monoisotopic (exact) mass is 163 g/mol. The first-order valence-corrected chi connectivity index (χ1v) is 3.67. The minimum Gasteiger partial charge on any atom is -0.120 e. The molecule has 0 aliphatic heterocycles. The van der Waals surface area contributed by atoms with Gasteiger partial charge in [0.05, 0.1) is 24.5 Å². The van der Waals surface area contributed by atoms with Gasteiger partial charge >= 0.3 is 0 Å². The Morgan fingerprint density at radius 2 is 2.22 bits per heavy atom. The van der Waals surface area contributed by atoms with Crippen LogP contribution in [0.5, 0.6) is 0 Å². The third kappa shape index (κ3) is 5.81. The topological polar surface area (TPSA) is 0 Å². The van der Waals surface area contributed by atoms with E-state index < -0.39 is 0 Å². The molecule has 50 valence electrons. The van der Waals surface area contributed by atoms with E-state index in [9.17, 15) is 0 Å². The molecule has 0 N–H and O–H groups in total. The zero-order valence-electron chi connectivity index (χ0n) is 5.11. The highest BCUT2D eigenvalue weighted by atomic mass is 35.5. The predicted octanol–water partition coefficient (Wildman–Crippen LogP) is 2.78. The summed E-state index contributed by atoms with van der Waals surface area (Å²) >= 11 is 10.8. The Morgan fingerprint density at radius 3 is 2.67 bits per heavy atom. The molecule has 0 saturated carbocycles. The van der Waals surface area contributed by atoms with Crippen LogP contribution < -0.4 is 0 Å². The van der Waals surface area contributed by atoms with Crippen LogP contribution in [0.15, 0.2) is 24.3 Å². The van der Waals surface area contributed by atoms with E-state index >= 15 is 0 Å². The van der Waals surface area contributed by atoms with E-state index in [0.717, 1.165) is 5.57 Å². The number of alkyl halides is 2. The molecule has 0 aliphatic rings. The maximum Gasteiger partial charge on any atom is 0.106 e. The Hall–Kier alpha value is -0.0700. The Morgan fingerprint density at radius 1 is 1.56 bits per heavy atom. The third-order valence-corrected chi connectivity index (χ3v) is 1.25. The number of rotatable bonds is 4. The van der Waals surface area contributed by atoms with Crippen molar-refractivity contribution in [3.05, 3.63) is 30.7 Å². The van der Waals surface area contributed by atoms with Crippen molar-refractivity contribution in [2.45, 2.75) is 0 Å². The van der Waals surface area contributed by atoms with Gasteiger partial charge in [0.15, 0.2) is 0 Å². The molecule has 0 nitrogen and oxygen atoms in total. The SMILES string of the molecule is C=C(C=C[CH+]CCl)CCl. The summed E-state index contributed by atoms with van der Waals surface area (Å²) in [7, 11) is 0. The average molecular weight is 164 g/mol. The molecule has 0 radical (unpaired) electrons. The van der Waals surface area contributed by atoms with Crippen LogP contribution in [-0.2, 0) is 0 Å². The van der Waals surface area contributed by atoms with Gasteiger partial charge in [-0.05, 0) is 0 Å². The van der Waals surface area contributed by atoms with Crippen molar-refractivity contribution in [2.24, 2.45) is 0 Å². The van der Waals surface area contributed by atoms with Gasteiger partial charge in [0, 0.05) is 5.57 Å². The molecule has 0 fully saturated rings. The molecule has 0 spiro atoms. The molecular weight excluding hydrogens is 155 g/mol. The van der Waals surface area contributed by atoms with E-state index in [2.05, 4.69) is 6.58 Å². The summed E-state index contributed by atoms with van der Waals surface area (Å²) in [5.41, 5.74) is 0.901. The first-order chi connectivity index (χ1) is 4.31. The van der Waals surface area contributed by atoms with E-state index in [1.165, 1.54) is 0 Å². The largest absolute Gasteiger partial charge is 0.120 e. The summed E-state index contributed by atoms with van der Waals surface area (Å²) in [5.74, 6) is 1.01. The molecule has 0 aromatic rings. The van der Waals surface area contributed by atoms with Gasteiger partial charge in [-0.1, -0.05) is 18.2 Å². The Balaban J connectivity index is 3.32. The van der Waals surface area contributed by atoms with E-state index in [-0.39, 0.29) is 0 Å². The smallest absolute Gasteiger partial charge is 0.106 e. The average Bonchev–Trinajstić information content (AvgIpc) is 1.89. The molecule has 0 aliphatic carbocycles. The van der Waals surface area contributed by atoms with E-state index in [4.69, 9.17) is 23.2 Å². The van der Waals surface area contributed by atoms with E-state index in [0.29, 0.717) is 11.8 Å². The number of hydrogen-bond donors (Lipinski definition) is 0. The Kier molecular flexibility index (Phi) is 6.01. The van der Waals surface area contributed by atoms with Crippen molar-refractivity contribution in [1.29, 1.82) is 0 Å². The molecule has 0 saturated heterocycles. The summed E-state index contributed by atoms with van der Waals surface area (Å²) in [4.78, 5) is 0. The molecule has 2 heteroatoms. The normalized spacial score (nSPS) is 10.0. The summed E-state index contributed by atoms with van der Waals surface area (Å²) in [6.07, 6.45) is 5.52. The second-order valence-corrected chi connectivity index (χ2v) is 2.12. The predicted molar refractivity (Wildman–Crippen MR) is 44.0 cm³/mol. The minimum atomic E-state index is 0.479. The van der Waals surface area contributed by atoms with Gasteiger partial charge in [-0.3, -0.25) is 0 Å². The molecule has 0 atom stereocenters. The zero-order valence-corrected chi connectivity index (χ0v) is 6.62. The highest BCUT2D eigenvalue weighted by Gasteiger charge is 1.89. The van der Waals surface area contributed by atoms with Gasteiger partial charge < -0.3 is 0 Å². The second kappa shape index (κ2) is 6.06. The van der Waals surface area contributed by atoms with Crippen LogP contribution >= 0.6 is 23.2 Å². The van der Waals surface area contributed by atoms with Gasteiger partial charge in [-0.15, -0.1) is 11.6 Å². The molecule has 0 aromatic heterocycles. The van der Waals surface area contributed by atoms with E-state index in [1.54, 1.807) is 0 Å². The van der Waals surface area contributed by atoms with Crippen molar-refractivity contribution < 1.29 is 0 Å². The van der Waals surface area contributed by atoms with Gasteiger partial charge in [0.25, 0.3) is 0 Å². The Bertz CT molecular complexity index is 105. The number of allylic oxidation sites excluding steroid dienone is 3. The zero-order chi connectivity index (χ0) is 7.11. The van der Waals surface area contributed by atoms with Crippen LogP contribution in [0.3, 0.4) is 0 Å². The molecule has 0 bridgehead atoms. The van der Waals surface area contributed by atoms with Crippen molar-refractivity contribution in [1.82, 2.24) is 0 Å². The summed E-state index contributed by atoms with van der Waals surface area (Å²) in [6, 6.07) is 0. The third-order valence-electron chi connectivity index (χ3n) is 0.729. The minimum absolute atomic E-state index is 0.479. The lowest BCUT2D eigenvalue weighted by Crippen LogP contribution is -1.75. The fourth-order valence-electron chi connectivity index (χ4n) is 0.300. The first-order valence-electron chi connectivity index (χ1n) is 2.61. The number of halogens is 2. The van der Waals surface area contributed by atoms with Crippen LogP contribution in [0.25, 0.3) is 0 Å². The maximum atomic E-state index is 5.43. The molecule has 0 rings (SSSR count). The second-order valence-electron chi connectivity index (χ2n) is 1.54. The molecular formula is C7H9Cl2+. The van der Waals surface area contributed by atoms with Crippen LogP contribution in [0.4, 0.5) is 0 Å². The van der Waals surface area contributed by atoms with Gasteiger partial charge in [0.2, 0.25) is 0 Å².